The first kappa shape index (κ1) is 18.1. The van der Waals surface area contributed by atoms with Crippen LogP contribution >= 0.6 is 0 Å². The summed E-state index contributed by atoms with van der Waals surface area (Å²) in [5.41, 5.74) is -0.171. The van der Waals surface area contributed by atoms with E-state index in [0.29, 0.717) is 0 Å². The molecule has 8 heteroatoms. The first-order valence-corrected chi connectivity index (χ1v) is 8.38. The van der Waals surface area contributed by atoms with Gasteiger partial charge in [0, 0.05) is 5.69 Å². The first-order valence-electron chi connectivity index (χ1n) is 6.90. The zero-order valence-electron chi connectivity index (χ0n) is 13.2. The van der Waals surface area contributed by atoms with Gasteiger partial charge in [-0.05, 0) is 43.7 Å². The Morgan fingerprint density at radius 3 is 2.12 bits per heavy atom. The highest BCUT2D eigenvalue weighted by Gasteiger charge is 2.35. The summed E-state index contributed by atoms with van der Waals surface area (Å²) in [5, 5.41) is 0. The lowest BCUT2D eigenvalue weighted by molar-refractivity contribution is -0.138. The van der Waals surface area contributed by atoms with E-state index in [1.165, 1.54) is 25.1 Å². The number of aryl methyl sites for hydroxylation is 2. The molecule has 0 atom stereocenters. The summed E-state index contributed by atoms with van der Waals surface area (Å²) >= 11 is 0. The fourth-order valence-corrected chi connectivity index (χ4v) is 3.29. The van der Waals surface area contributed by atoms with Crippen molar-refractivity contribution < 1.29 is 26.3 Å². The fourth-order valence-electron chi connectivity index (χ4n) is 2.25. The molecule has 0 amide bonds. The number of sulfonamides is 1. The second-order valence-electron chi connectivity index (χ2n) is 5.29. The maximum atomic E-state index is 13.1. The Bertz CT molecular complexity index is 844. The largest absolute Gasteiger partial charge is 0.496 e. The van der Waals surface area contributed by atoms with Gasteiger partial charge in [0.05, 0.1) is 17.6 Å². The van der Waals surface area contributed by atoms with Crippen molar-refractivity contribution in [2.75, 3.05) is 11.8 Å². The van der Waals surface area contributed by atoms with Crippen LogP contribution in [0.4, 0.5) is 18.9 Å². The summed E-state index contributed by atoms with van der Waals surface area (Å²) < 4.78 is 71.0. The van der Waals surface area contributed by atoms with Crippen molar-refractivity contribution >= 4 is 15.7 Å². The summed E-state index contributed by atoms with van der Waals surface area (Å²) in [6.45, 7) is 3.21. The van der Waals surface area contributed by atoms with Crippen LogP contribution in [0.25, 0.3) is 0 Å². The lowest BCUT2D eigenvalue weighted by atomic mass is 10.1. The van der Waals surface area contributed by atoms with E-state index in [4.69, 9.17) is 4.74 Å². The molecule has 2 aromatic rings. The maximum Gasteiger partial charge on any atom is 0.420 e. The average molecular weight is 359 g/mol. The molecule has 24 heavy (non-hydrogen) atoms. The number of ether oxygens (including phenoxy) is 1. The van der Waals surface area contributed by atoms with Crippen molar-refractivity contribution in [2.45, 2.75) is 24.9 Å². The minimum Gasteiger partial charge on any atom is -0.496 e. The van der Waals surface area contributed by atoms with Gasteiger partial charge in [0.25, 0.3) is 10.0 Å². The monoisotopic (exact) mass is 359 g/mol. The predicted molar refractivity (Wildman–Crippen MR) is 84.7 cm³/mol. The molecule has 1 N–H and O–H groups in total. The number of hydrogen-bond donors (Lipinski definition) is 1. The average Bonchev–Trinajstić information content (AvgIpc) is 2.45. The molecule has 4 nitrogen and oxygen atoms in total. The topological polar surface area (TPSA) is 55.4 Å². The number of halogens is 3. The van der Waals surface area contributed by atoms with E-state index in [2.05, 4.69) is 4.72 Å². The molecule has 0 aliphatic carbocycles. The zero-order valence-corrected chi connectivity index (χ0v) is 14.0. The summed E-state index contributed by atoms with van der Waals surface area (Å²) in [5.74, 6) is -0.333. The molecule has 0 spiro atoms. The van der Waals surface area contributed by atoms with Gasteiger partial charge < -0.3 is 4.74 Å². The Morgan fingerprint density at radius 1 is 1.04 bits per heavy atom. The minimum absolute atomic E-state index is 0.0323. The molecule has 2 rings (SSSR count). The number of benzene rings is 2. The molecular weight excluding hydrogens is 343 g/mol. The number of hydrogen-bond acceptors (Lipinski definition) is 3. The quantitative estimate of drug-likeness (QED) is 0.893. The van der Waals surface area contributed by atoms with Gasteiger partial charge >= 0.3 is 6.18 Å². The summed E-state index contributed by atoms with van der Waals surface area (Å²) in [6.07, 6.45) is -4.67. The maximum absolute atomic E-state index is 13.1. The molecule has 0 aromatic heterocycles. The van der Waals surface area contributed by atoms with E-state index in [1.807, 2.05) is 0 Å². The van der Waals surface area contributed by atoms with Crippen molar-refractivity contribution in [1.29, 1.82) is 0 Å². The van der Waals surface area contributed by atoms with Crippen LogP contribution in [-0.2, 0) is 16.2 Å². The third kappa shape index (κ3) is 3.81. The van der Waals surface area contributed by atoms with Gasteiger partial charge in [0.2, 0.25) is 0 Å². The van der Waals surface area contributed by atoms with Gasteiger partial charge in [-0.2, -0.15) is 13.2 Å². The van der Waals surface area contributed by atoms with Crippen molar-refractivity contribution in [3.63, 3.8) is 0 Å². The molecule has 0 radical (unpaired) electrons. The summed E-state index contributed by atoms with van der Waals surface area (Å²) in [6, 6.07) is 8.00. The van der Waals surface area contributed by atoms with Crippen molar-refractivity contribution in [1.82, 2.24) is 0 Å². The Kier molecular flexibility index (Phi) is 4.80. The second-order valence-corrected chi connectivity index (χ2v) is 6.97. The van der Waals surface area contributed by atoms with Gasteiger partial charge in [0.15, 0.2) is 0 Å². The van der Waals surface area contributed by atoms with Gasteiger partial charge in [-0.1, -0.05) is 17.7 Å². The highest BCUT2D eigenvalue weighted by molar-refractivity contribution is 7.92. The highest BCUT2D eigenvalue weighted by atomic mass is 32.2. The molecule has 0 bridgehead atoms. The standard InChI is InChI=1S/C16H16F3NO3S/c1-10-4-6-13(7-5-10)24(21,22)20-12-8-11(2)15(23-3)14(9-12)16(17,18)19/h4-9,20H,1-3H3. The number of alkyl halides is 3. The first-order chi connectivity index (χ1) is 11.0. The Hall–Kier alpha value is -2.22. The lowest BCUT2D eigenvalue weighted by Gasteiger charge is -2.17. The normalized spacial score (nSPS) is 12.1. The number of anilines is 1. The molecule has 0 aliphatic heterocycles. The number of methoxy groups -OCH3 is 1. The van der Waals surface area contributed by atoms with E-state index >= 15 is 0 Å². The number of rotatable bonds is 4. The number of nitrogens with one attached hydrogen (secondary N) is 1. The fraction of sp³-hybridized carbons (Fsp3) is 0.250. The smallest absolute Gasteiger partial charge is 0.420 e. The SMILES string of the molecule is COc1c(C)cc(NS(=O)(=O)c2ccc(C)cc2)cc1C(F)(F)F. The van der Waals surface area contributed by atoms with Crippen LogP contribution in [-0.4, -0.2) is 15.5 Å². The van der Waals surface area contributed by atoms with Crippen molar-refractivity contribution in [3.8, 4) is 5.75 Å². The van der Waals surface area contributed by atoms with Crippen LogP contribution in [0.3, 0.4) is 0 Å². The van der Waals surface area contributed by atoms with Gasteiger partial charge in [0.1, 0.15) is 5.75 Å². The van der Waals surface area contributed by atoms with Gasteiger partial charge in [-0.15, -0.1) is 0 Å². The molecule has 0 aliphatic rings. The Balaban J connectivity index is 2.46. The lowest BCUT2D eigenvalue weighted by Crippen LogP contribution is -2.15. The van der Waals surface area contributed by atoms with Crippen molar-refractivity contribution in [3.05, 3.63) is 53.1 Å². The summed E-state index contributed by atoms with van der Waals surface area (Å²) in [7, 11) is -2.85. The summed E-state index contributed by atoms with van der Waals surface area (Å²) in [4.78, 5) is -0.0323. The van der Waals surface area contributed by atoms with Crippen molar-refractivity contribution in [2.24, 2.45) is 0 Å². The third-order valence-corrected chi connectivity index (χ3v) is 4.76. The minimum atomic E-state index is -4.67. The molecule has 0 unspecified atom stereocenters. The van der Waals surface area contributed by atoms with Gasteiger partial charge in [-0.25, -0.2) is 8.42 Å². The van der Waals surface area contributed by atoms with Crippen LogP contribution in [0.5, 0.6) is 5.75 Å². The Morgan fingerprint density at radius 2 is 1.62 bits per heavy atom. The molecule has 0 saturated heterocycles. The zero-order chi connectivity index (χ0) is 18.1. The van der Waals surface area contributed by atoms with Gasteiger partial charge in [-0.3, -0.25) is 4.72 Å². The van der Waals surface area contributed by atoms with E-state index in [1.54, 1.807) is 19.1 Å². The predicted octanol–water partition coefficient (Wildman–Crippen LogP) is 4.13. The Labute approximate surface area is 138 Å². The molecular formula is C16H16F3NO3S. The molecule has 0 fully saturated rings. The van der Waals surface area contributed by atoms with E-state index in [-0.39, 0.29) is 21.9 Å². The van der Waals surface area contributed by atoms with E-state index in [0.717, 1.165) is 18.7 Å². The van der Waals surface area contributed by atoms with E-state index in [9.17, 15) is 21.6 Å². The molecule has 130 valence electrons. The molecule has 0 heterocycles. The third-order valence-electron chi connectivity index (χ3n) is 3.37. The highest BCUT2D eigenvalue weighted by Crippen LogP contribution is 2.40. The van der Waals surface area contributed by atoms with Crippen LogP contribution in [0.1, 0.15) is 16.7 Å². The van der Waals surface area contributed by atoms with Crippen LogP contribution in [0, 0.1) is 13.8 Å². The molecule has 2 aromatic carbocycles. The molecule has 0 saturated carbocycles. The second kappa shape index (κ2) is 6.35. The van der Waals surface area contributed by atoms with Crippen LogP contribution in [0.2, 0.25) is 0 Å². The van der Waals surface area contributed by atoms with Crippen LogP contribution < -0.4 is 9.46 Å². The van der Waals surface area contributed by atoms with Crippen LogP contribution in [0.15, 0.2) is 41.3 Å². The van der Waals surface area contributed by atoms with E-state index < -0.39 is 21.8 Å².